The van der Waals surface area contributed by atoms with Gasteiger partial charge in [-0.15, -0.1) is 0 Å². The van der Waals surface area contributed by atoms with Gasteiger partial charge in [0.15, 0.2) is 0 Å². The topological polar surface area (TPSA) is 64.5 Å². The minimum absolute atomic E-state index is 0.0337. The van der Waals surface area contributed by atoms with Crippen molar-refractivity contribution in [3.63, 3.8) is 0 Å². The number of hydrogen-bond donors (Lipinski definition) is 0. The predicted molar refractivity (Wildman–Crippen MR) is 88.4 cm³/mol. The monoisotopic (exact) mass is 327 g/mol. The Kier molecular flexibility index (Phi) is 5.74. The number of ether oxygens (including phenoxy) is 2. The van der Waals surface area contributed by atoms with E-state index in [-0.39, 0.29) is 18.6 Å². The molecule has 2 aromatic rings. The lowest BCUT2D eigenvalue weighted by Gasteiger charge is -2.31. The van der Waals surface area contributed by atoms with Crippen LogP contribution >= 0.6 is 0 Å². The molecule has 0 N–H and O–H groups in total. The minimum Gasteiger partial charge on any atom is -0.474 e. The summed E-state index contributed by atoms with van der Waals surface area (Å²) in [6.45, 7) is 1.94. The van der Waals surface area contributed by atoms with Crippen LogP contribution in [-0.4, -0.2) is 46.6 Å². The fraction of sp³-hybridized carbons (Fsp3) is 0.389. The molecule has 1 amide bonds. The van der Waals surface area contributed by atoms with Crippen molar-refractivity contribution in [2.45, 2.75) is 25.6 Å². The summed E-state index contributed by atoms with van der Waals surface area (Å²) in [5, 5.41) is 0. The molecule has 0 spiro atoms. The molecule has 1 fully saturated rings. The molecule has 2 heterocycles. The zero-order valence-electron chi connectivity index (χ0n) is 13.5. The highest BCUT2D eigenvalue weighted by molar-refractivity contribution is 5.77. The summed E-state index contributed by atoms with van der Waals surface area (Å²) in [4.78, 5) is 22.0. The van der Waals surface area contributed by atoms with Gasteiger partial charge in [0.1, 0.15) is 19.0 Å². The number of carbonyl (C=O) groups excluding carboxylic acids is 1. The molecule has 1 aliphatic heterocycles. The second kappa shape index (κ2) is 8.40. The van der Waals surface area contributed by atoms with Gasteiger partial charge in [-0.3, -0.25) is 4.79 Å². The van der Waals surface area contributed by atoms with E-state index in [9.17, 15) is 4.79 Å². The van der Waals surface area contributed by atoms with Crippen LogP contribution < -0.4 is 4.74 Å². The molecule has 6 nitrogen and oxygen atoms in total. The predicted octanol–water partition coefficient (Wildman–Crippen LogP) is 2.06. The summed E-state index contributed by atoms with van der Waals surface area (Å²) in [5.74, 6) is 0.618. The normalized spacial score (nSPS) is 15.2. The van der Waals surface area contributed by atoms with Crippen molar-refractivity contribution in [3.8, 4) is 5.88 Å². The maximum Gasteiger partial charge on any atom is 0.248 e. The van der Waals surface area contributed by atoms with Crippen molar-refractivity contribution in [3.05, 3.63) is 54.5 Å². The maximum atomic E-state index is 12.2. The van der Waals surface area contributed by atoms with Gasteiger partial charge >= 0.3 is 0 Å². The fourth-order valence-electron chi connectivity index (χ4n) is 2.66. The number of rotatable bonds is 6. The van der Waals surface area contributed by atoms with E-state index in [0.29, 0.717) is 25.6 Å². The zero-order chi connectivity index (χ0) is 16.6. The van der Waals surface area contributed by atoms with E-state index in [0.717, 1.165) is 18.4 Å². The summed E-state index contributed by atoms with van der Waals surface area (Å²) < 4.78 is 11.3. The fourth-order valence-corrected chi connectivity index (χ4v) is 2.66. The molecule has 0 atom stereocenters. The Bertz CT molecular complexity index is 628. The molecular weight excluding hydrogens is 306 g/mol. The van der Waals surface area contributed by atoms with Gasteiger partial charge in [0.25, 0.3) is 0 Å². The Balaban J connectivity index is 1.37. The van der Waals surface area contributed by atoms with Gasteiger partial charge in [0.05, 0.1) is 6.61 Å². The van der Waals surface area contributed by atoms with Crippen molar-refractivity contribution in [1.29, 1.82) is 0 Å². The molecule has 1 aliphatic rings. The third-order valence-electron chi connectivity index (χ3n) is 3.97. The standard InChI is InChI=1S/C18H21N3O3/c22-18(13-23-12-15-4-2-1-3-5-15)21-10-7-16(8-11-21)24-17-6-9-19-14-20-17/h1-6,9,14,16H,7-8,10-13H2. The van der Waals surface area contributed by atoms with Crippen molar-refractivity contribution in [1.82, 2.24) is 14.9 Å². The van der Waals surface area contributed by atoms with Gasteiger partial charge < -0.3 is 14.4 Å². The molecule has 0 radical (unpaired) electrons. The number of hydrogen-bond acceptors (Lipinski definition) is 5. The number of carbonyl (C=O) groups is 1. The van der Waals surface area contributed by atoms with Gasteiger partial charge in [0, 0.05) is 38.2 Å². The second-order valence-corrected chi connectivity index (χ2v) is 5.72. The van der Waals surface area contributed by atoms with E-state index in [4.69, 9.17) is 9.47 Å². The Morgan fingerprint density at radius 3 is 2.67 bits per heavy atom. The minimum atomic E-state index is 0.0337. The van der Waals surface area contributed by atoms with E-state index in [1.165, 1.54) is 6.33 Å². The highest BCUT2D eigenvalue weighted by Gasteiger charge is 2.24. The van der Waals surface area contributed by atoms with Crippen LogP contribution in [-0.2, 0) is 16.1 Å². The molecule has 126 valence electrons. The number of amides is 1. The van der Waals surface area contributed by atoms with Crippen LogP contribution in [0.3, 0.4) is 0 Å². The molecule has 6 heteroatoms. The van der Waals surface area contributed by atoms with Gasteiger partial charge in [-0.1, -0.05) is 30.3 Å². The van der Waals surface area contributed by atoms with Crippen molar-refractivity contribution in [2.75, 3.05) is 19.7 Å². The third kappa shape index (κ3) is 4.76. The van der Waals surface area contributed by atoms with E-state index in [1.807, 2.05) is 35.2 Å². The van der Waals surface area contributed by atoms with Crippen LogP contribution in [0.5, 0.6) is 5.88 Å². The lowest BCUT2D eigenvalue weighted by molar-refractivity contribution is -0.138. The summed E-state index contributed by atoms with van der Waals surface area (Å²) >= 11 is 0. The Morgan fingerprint density at radius 1 is 1.17 bits per heavy atom. The van der Waals surface area contributed by atoms with Crippen molar-refractivity contribution < 1.29 is 14.3 Å². The van der Waals surface area contributed by atoms with Crippen LogP contribution in [0.25, 0.3) is 0 Å². The number of aromatic nitrogens is 2. The van der Waals surface area contributed by atoms with E-state index < -0.39 is 0 Å². The van der Waals surface area contributed by atoms with Gasteiger partial charge in [0.2, 0.25) is 11.8 Å². The molecule has 1 aromatic heterocycles. The van der Waals surface area contributed by atoms with Crippen LogP contribution in [0.2, 0.25) is 0 Å². The number of piperidine rings is 1. The molecule has 0 saturated carbocycles. The van der Waals surface area contributed by atoms with E-state index in [1.54, 1.807) is 12.3 Å². The first-order chi connectivity index (χ1) is 11.8. The molecule has 3 rings (SSSR count). The average Bonchev–Trinajstić information content (AvgIpc) is 2.64. The van der Waals surface area contributed by atoms with Gasteiger partial charge in [-0.25, -0.2) is 9.97 Å². The lowest BCUT2D eigenvalue weighted by atomic mass is 10.1. The van der Waals surface area contributed by atoms with Crippen LogP contribution in [0.15, 0.2) is 48.9 Å². The van der Waals surface area contributed by atoms with Gasteiger partial charge in [-0.05, 0) is 5.56 Å². The Morgan fingerprint density at radius 2 is 1.96 bits per heavy atom. The highest BCUT2D eigenvalue weighted by atomic mass is 16.5. The molecule has 24 heavy (non-hydrogen) atoms. The summed E-state index contributed by atoms with van der Waals surface area (Å²) in [7, 11) is 0. The smallest absolute Gasteiger partial charge is 0.248 e. The SMILES string of the molecule is O=C(COCc1ccccc1)N1CCC(Oc2ccncn2)CC1. The quantitative estimate of drug-likeness (QED) is 0.812. The highest BCUT2D eigenvalue weighted by Crippen LogP contribution is 2.16. The van der Waals surface area contributed by atoms with Crippen LogP contribution in [0, 0.1) is 0 Å². The summed E-state index contributed by atoms with van der Waals surface area (Å²) in [6, 6.07) is 11.6. The first-order valence-electron chi connectivity index (χ1n) is 8.13. The van der Waals surface area contributed by atoms with Crippen molar-refractivity contribution in [2.24, 2.45) is 0 Å². The summed E-state index contributed by atoms with van der Waals surface area (Å²) in [5.41, 5.74) is 1.07. The number of likely N-dealkylation sites (tertiary alicyclic amines) is 1. The molecule has 1 aromatic carbocycles. The Hall–Kier alpha value is -2.47. The molecular formula is C18H21N3O3. The molecule has 0 unspecified atom stereocenters. The average molecular weight is 327 g/mol. The first-order valence-corrected chi connectivity index (χ1v) is 8.13. The Labute approximate surface area is 141 Å². The number of benzene rings is 1. The molecule has 0 bridgehead atoms. The second-order valence-electron chi connectivity index (χ2n) is 5.72. The van der Waals surface area contributed by atoms with E-state index >= 15 is 0 Å². The zero-order valence-corrected chi connectivity index (χ0v) is 13.5. The number of nitrogens with zero attached hydrogens (tertiary/aromatic N) is 3. The third-order valence-corrected chi connectivity index (χ3v) is 3.97. The van der Waals surface area contributed by atoms with Crippen molar-refractivity contribution >= 4 is 5.91 Å². The molecule has 1 saturated heterocycles. The van der Waals surface area contributed by atoms with Crippen LogP contribution in [0.4, 0.5) is 0 Å². The molecule has 0 aliphatic carbocycles. The lowest BCUT2D eigenvalue weighted by Crippen LogP contribution is -2.43. The van der Waals surface area contributed by atoms with Crippen LogP contribution in [0.1, 0.15) is 18.4 Å². The largest absolute Gasteiger partial charge is 0.474 e. The van der Waals surface area contributed by atoms with E-state index in [2.05, 4.69) is 9.97 Å². The van der Waals surface area contributed by atoms with Gasteiger partial charge in [-0.2, -0.15) is 0 Å². The first kappa shape index (κ1) is 16.4. The maximum absolute atomic E-state index is 12.2. The summed E-state index contributed by atoms with van der Waals surface area (Å²) in [6.07, 6.45) is 4.82.